The van der Waals surface area contributed by atoms with Crippen molar-refractivity contribution < 1.29 is 0 Å². The van der Waals surface area contributed by atoms with Crippen LogP contribution in [0.25, 0.3) is 0 Å². The van der Waals surface area contributed by atoms with Crippen LogP contribution in [0.1, 0.15) is 103 Å². The van der Waals surface area contributed by atoms with Gasteiger partial charge >= 0.3 is 0 Å². The number of amidine groups is 1. The molecule has 0 saturated heterocycles. The van der Waals surface area contributed by atoms with Crippen LogP contribution in [0.5, 0.6) is 0 Å². The van der Waals surface area contributed by atoms with Crippen molar-refractivity contribution in [1.29, 1.82) is 0 Å². The molecule has 3 heteroatoms. The van der Waals surface area contributed by atoms with Gasteiger partial charge < -0.3 is 10.6 Å². The molecule has 2 N–H and O–H groups in total. The largest absolute Gasteiger partial charge is 0.357 e. The highest BCUT2D eigenvalue weighted by Crippen LogP contribution is 2.12. The normalized spacial score (nSPS) is 14.5. The molecule has 0 aromatic carbocycles. The van der Waals surface area contributed by atoms with Crippen molar-refractivity contribution in [3.05, 3.63) is 12.2 Å². The van der Waals surface area contributed by atoms with E-state index in [2.05, 4.69) is 29.0 Å². The van der Waals surface area contributed by atoms with Gasteiger partial charge in [-0.15, -0.1) is 0 Å². The molecule has 0 atom stereocenters. The molecule has 1 rings (SSSR count). The van der Waals surface area contributed by atoms with Crippen molar-refractivity contribution in [3.63, 3.8) is 0 Å². The Morgan fingerprint density at radius 3 is 2.04 bits per heavy atom. The van der Waals surface area contributed by atoms with Gasteiger partial charge in [-0.25, -0.2) is 0 Å². The van der Waals surface area contributed by atoms with Gasteiger partial charge in [-0.3, -0.25) is 4.99 Å². The fourth-order valence-electron chi connectivity index (χ4n) is 3.70. The summed E-state index contributed by atoms with van der Waals surface area (Å²) in [5.41, 5.74) is 5.65. The lowest BCUT2D eigenvalue weighted by Gasteiger charge is -2.18. The first-order valence-corrected chi connectivity index (χ1v) is 11.5. The number of hydrogen-bond acceptors (Lipinski definition) is 3. The molecule has 0 saturated carbocycles. The Bertz CT molecular complexity index is 362. The van der Waals surface area contributed by atoms with E-state index in [1.54, 1.807) is 0 Å². The van der Waals surface area contributed by atoms with Gasteiger partial charge in [0.1, 0.15) is 0 Å². The first-order valence-electron chi connectivity index (χ1n) is 11.5. The van der Waals surface area contributed by atoms with Gasteiger partial charge in [0.2, 0.25) is 0 Å². The molecule has 0 unspecified atom stereocenters. The van der Waals surface area contributed by atoms with E-state index in [9.17, 15) is 0 Å². The minimum absolute atomic E-state index is 0.734. The highest BCUT2D eigenvalue weighted by atomic mass is 15.2. The van der Waals surface area contributed by atoms with Gasteiger partial charge in [-0.2, -0.15) is 0 Å². The van der Waals surface area contributed by atoms with Crippen LogP contribution in [0, 0.1) is 0 Å². The molecule has 1 aliphatic heterocycles. The highest BCUT2D eigenvalue weighted by Gasteiger charge is 2.14. The minimum Gasteiger partial charge on any atom is -0.357 e. The first kappa shape index (κ1) is 23.2. The van der Waals surface area contributed by atoms with E-state index < -0.39 is 0 Å². The summed E-state index contributed by atoms with van der Waals surface area (Å²) in [6.07, 6.45) is 25.2. The smallest absolute Gasteiger partial charge is 0.0990 e. The van der Waals surface area contributed by atoms with E-state index in [1.807, 2.05) is 0 Å². The lowest BCUT2D eigenvalue weighted by atomic mass is 10.1. The molecule has 0 aromatic heterocycles. The fraction of sp³-hybridized carbons (Fsp3) is 0.870. The Hall–Kier alpha value is -0.830. The van der Waals surface area contributed by atoms with Gasteiger partial charge in [0.25, 0.3) is 0 Å². The van der Waals surface area contributed by atoms with Crippen molar-refractivity contribution >= 4 is 5.84 Å². The van der Waals surface area contributed by atoms with E-state index in [4.69, 9.17) is 5.73 Å². The number of nitrogens with two attached hydrogens (primary N) is 1. The Labute approximate surface area is 163 Å². The zero-order chi connectivity index (χ0) is 18.7. The predicted octanol–water partition coefficient (Wildman–Crippen LogP) is 6.09. The SMILES string of the molecule is CCCCCCCCCCCCC/C=C/CCCC1=NCCN1CCN. The van der Waals surface area contributed by atoms with E-state index in [0.717, 1.165) is 32.6 Å². The summed E-state index contributed by atoms with van der Waals surface area (Å²) in [4.78, 5) is 6.96. The second-order valence-electron chi connectivity index (χ2n) is 7.76. The molecular weight excluding hydrogens is 318 g/mol. The van der Waals surface area contributed by atoms with Gasteiger partial charge in [-0.1, -0.05) is 83.3 Å². The molecule has 0 bridgehead atoms. The molecule has 3 nitrogen and oxygen atoms in total. The summed E-state index contributed by atoms with van der Waals surface area (Å²) in [5.74, 6) is 1.29. The van der Waals surface area contributed by atoms with Crippen LogP contribution < -0.4 is 5.73 Å². The minimum atomic E-state index is 0.734. The maximum absolute atomic E-state index is 5.65. The molecule has 0 spiro atoms. The Balaban J connectivity index is 1.81. The van der Waals surface area contributed by atoms with Gasteiger partial charge in [-0.05, 0) is 25.7 Å². The lowest BCUT2D eigenvalue weighted by molar-refractivity contribution is 0.458. The highest BCUT2D eigenvalue weighted by molar-refractivity contribution is 5.83. The maximum Gasteiger partial charge on any atom is 0.0990 e. The Morgan fingerprint density at radius 1 is 0.846 bits per heavy atom. The average molecular weight is 364 g/mol. The standard InChI is InChI=1S/C23H45N3/c1-2-3-4-5-6-7-8-9-10-11-12-13-14-15-16-17-18-23-25-20-22-26(23)21-19-24/h14-15H,2-13,16-22,24H2,1H3/b15-14+. The van der Waals surface area contributed by atoms with Crippen molar-refractivity contribution in [2.24, 2.45) is 10.7 Å². The third kappa shape index (κ3) is 12.5. The van der Waals surface area contributed by atoms with Crippen LogP contribution >= 0.6 is 0 Å². The molecule has 26 heavy (non-hydrogen) atoms. The molecule has 0 aliphatic carbocycles. The third-order valence-corrected chi connectivity index (χ3v) is 5.34. The summed E-state index contributed by atoms with van der Waals surface area (Å²) in [5, 5.41) is 0. The summed E-state index contributed by atoms with van der Waals surface area (Å²) < 4.78 is 0. The molecule has 0 fully saturated rings. The number of nitrogens with zero attached hydrogens (tertiary/aromatic N) is 2. The molecule has 1 aliphatic rings. The van der Waals surface area contributed by atoms with E-state index in [1.165, 1.54) is 95.7 Å². The Morgan fingerprint density at radius 2 is 1.42 bits per heavy atom. The van der Waals surface area contributed by atoms with Gasteiger partial charge in [0, 0.05) is 26.1 Å². The molecule has 0 aromatic rings. The van der Waals surface area contributed by atoms with Crippen LogP contribution in [0.4, 0.5) is 0 Å². The molecule has 152 valence electrons. The predicted molar refractivity (Wildman–Crippen MR) is 117 cm³/mol. The van der Waals surface area contributed by atoms with Crippen molar-refractivity contribution in [1.82, 2.24) is 4.90 Å². The van der Waals surface area contributed by atoms with Crippen LogP contribution in [0.2, 0.25) is 0 Å². The molecule has 1 heterocycles. The van der Waals surface area contributed by atoms with Crippen LogP contribution in [-0.2, 0) is 0 Å². The second kappa shape index (κ2) is 17.6. The van der Waals surface area contributed by atoms with Crippen LogP contribution in [0.3, 0.4) is 0 Å². The third-order valence-electron chi connectivity index (χ3n) is 5.34. The van der Waals surface area contributed by atoms with E-state index in [0.29, 0.717) is 0 Å². The number of allylic oxidation sites excluding steroid dienone is 2. The zero-order valence-corrected chi connectivity index (χ0v) is 17.6. The zero-order valence-electron chi connectivity index (χ0n) is 17.6. The second-order valence-corrected chi connectivity index (χ2v) is 7.76. The molecule has 0 amide bonds. The van der Waals surface area contributed by atoms with Crippen molar-refractivity contribution in [2.45, 2.75) is 103 Å². The molecule has 0 radical (unpaired) electrons. The van der Waals surface area contributed by atoms with Crippen LogP contribution in [0.15, 0.2) is 17.1 Å². The Kier molecular flexibility index (Phi) is 15.7. The monoisotopic (exact) mass is 363 g/mol. The fourth-order valence-corrected chi connectivity index (χ4v) is 3.70. The lowest BCUT2D eigenvalue weighted by Crippen LogP contribution is -2.32. The van der Waals surface area contributed by atoms with E-state index in [-0.39, 0.29) is 0 Å². The summed E-state index contributed by atoms with van der Waals surface area (Å²) in [6, 6.07) is 0. The summed E-state index contributed by atoms with van der Waals surface area (Å²) in [6.45, 7) is 6.02. The molecular formula is C23H45N3. The number of hydrogen-bond donors (Lipinski definition) is 1. The van der Waals surface area contributed by atoms with Crippen LogP contribution in [-0.4, -0.2) is 36.9 Å². The maximum atomic E-state index is 5.65. The number of aliphatic imine (C=N–C) groups is 1. The number of unbranched alkanes of at least 4 members (excludes halogenated alkanes) is 12. The quantitative estimate of drug-likeness (QED) is 0.236. The van der Waals surface area contributed by atoms with Crippen molar-refractivity contribution in [2.75, 3.05) is 26.2 Å². The van der Waals surface area contributed by atoms with Crippen molar-refractivity contribution in [3.8, 4) is 0 Å². The average Bonchev–Trinajstić information content (AvgIpc) is 3.09. The topological polar surface area (TPSA) is 41.6 Å². The van der Waals surface area contributed by atoms with Gasteiger partial charge in [0.15, 0.2) is 0 Å². The van der Waals surface area contributed by atoms with E-state index >= 15 is 0 Å². The van der Waals surface area contributed by atoms with Gasteiger partial charge in [0.05, 0.1) is 12.4 Å². The first-order chi connectivity index (χ1) is 12.9. The summed E-state index contributed by atoms with van der Waals surface area (Å²) in [7, 11) is 0. The summed E-state index contributed by atoms with van der Waals surface area (Å²) >= 11 is 0. The number of rotatable bonds is 18.